The lowest BCUT2D eigenvalue weighted by Gasteiger charge is -2.39. The number of nitrogens with two attached hydrogens (primary N) is 1. The molecule has 2 aromatic heterocycles. The van der Waals surface area contributed by atoms with Gasteiger partial charge in [-0.3, -0.25) is 0 Å². The Kier molecular flexibility index (Phi) is 6.44. The first-order chi connectivity index (χ1) is 20.2. The van der Waals surface area contributed by atoms with Crippen LogP contribution in [0.25, 0.3) is 17.1 Å². The second kappa shape index (κ2) is 10.4. The SMILES string of the molecule is Nc1nc(Nc2ccc(C3CCN(C4CC5CCC4C5)CC3)cc2)nn1-c1cc2c(nn1)-c1ccccc1SCC2. The largest absolute Gasteiger partial charge is 0.368 e. The second-order valence-electron chi connectivity index (χ2n) is 12.2. The molecule has 41 heavy (non-hydrogen) atoms. The van der Waals surface area contributed by atoms with E-state index in [-0.39, 0.29) is 5.95 Å². The smallest absolute Gasteiger partial charge is 0.248 e. The first kappa shape index (κ1) is 25.3. The molecule has 0 spiro atoms. The van der Waals surface area contributed by atoms with Crippen LogP contribution >= 0.6 is 11.8 Å². The van der Waals surface area contributed by atoms with Gasteiger partial charge < -0.3 is 16.0 Å². The van der Waals surface area contributed by atoms with Crippen LogP contribution in [0.5, 0.6) is 0 Å². The Morgan fingerprint density at radius 1 is 0.927 bits per heavy atom. The molecule has 8 rings (SSSR count). The number of aryl methyl sites for hydroxylation is 1. The summed E-state index contributed by atoms with van der Waals surface area (Å²) in [6.45, 7) is 2.49. The number of anilines is 3. The number of nitrogens with one attached hydrogen (secondary N) is 1. The van der Waals surface area contributed by atoms with E-state index in [2.05, 4.69) is 73.0 Å². The number of thioether (sulfide) groups is 1. The van der Waals surface area contributed by atoms with E-state index < -0.39 is 0 Å². The van der Waals surface area contributed by atoms with Crippen molar-refractivity contribution in [3.63, 3.8) is 0 Å². The van der Waals surface area contributed by atoms with Crippen molar-refractivity contribution in [2.45, 2.75) is 61.8 Å². The zero-order chi connectivity index (χ0) is 27.3. The molecule has 0 amide bonds. The Hall–Kier alpha value is -3.43. The van der Waals surface area contributed by atoms with E-state index in [9.17, 15) is 0 Å². The van der Waals surface area contributed by atoms with Crippen LogP contribution in [0.15, 0.2) is 59.5 Å². The molecule has 2 aliphatic carbocycles. The van der Waals surface area contributed by atoms with E-state index in [0.717, 1.165) is 52.6 Å². The average molecular weight is 565 g/mol. The van der Waals surface area contributed by atoms with Crippen molar-refractivity contribution in [3.05, 3.63) is 65.7 Å². The molecule has 2 saturated carbocycles. The topological polar surface area (TPSA) is 97.8 Å². The Morgan fingerprint density at radius 2 is 1.78 bits per heavy atom. The zero-order valence-corrected chi connectivity index (χ0v) is 24.1. The molecule has 2 aromatic carbocycles. The number of hydrogen-bond donors (Lipinski definition) is 2. The minimum atomic E-state index is 0.281. The maximum absolute atomic E-state index is 6.28. The van der Waals surface area contributed by atoms with E-state index in [1.807, 2.05) is 23.9 Å². The number of likely N-dealkylation sites (tertiary alicyclic amines) is 1. The van der Waals surface area contributed by atoms with Gasteiger partial charge in [-0.1, -0.05) is 36.8 Å². The summed E-state index contributed by atoms with van der Waals surface area (Å²) in [5.74, 6) is 4.95. The maximum Gasteiger partial charge on any atom is 0.248 e. The first-order valence-corrected chi connectivity index (χ1v) is 16.1. The van der Waals surface area contributed by atoms with Gasteiger partial charge in [0.1, 0.15) is 0 Å². The molecule has 0 radical (unpaired) electrons. The Labute approximate surface area is 245 Å². The van der Waals surface area contributed by atoms with Crippen LogP contribution in [0, 0.1) is 11.8 Å². The van der Waals surface area contributed by atoms with Gasteiger partial charge >= 0.3 is 0 Å². The average Bonchev–Trinajstić information content (AvgIpc) is 3.71. The zero-order valence-electron chi connectivity index (χ0n) is 23.2. The van der Waals surface area contributed by atoms with Crippen molar-refractivity contribution in [3.8, 4) is 17.1 Å². The third-order valence-corrected chi connectivity index (χ3v) is 10.9. The summed E-state index contributed by atoms with van der Waals surface area (Å²) in [5.41, 5.74) is 11.9. The number of nitrogens with zero attached hydrogens (tertiary/aromatic N) is 6. The van der Waals surface area contributed by atoms with Gasteiger partial charge in [0.05, 0.1) is 5.69 Å². The highest BCUT2D eigenvalue weighted by molar-refractivity contribution is 7.99. The van der Waals surface area contributed by atoms with E-state index in [1.165, 1.54) is 62.1 Å². The lowest BCUT2D eigenvalue weighted by Crippen LogP contribution is -2.43. The van der Waals surface area contributed by atoms with Gasteiger partial charge in [0.2, 0.25) is 11.9 Å². The molecule has 1 saturated heterocycles. The van der Waals surface area contributed by atoms with Crippen LogP contribution in [0.3, 0.4) is 0 Å². The van der Waals surface area contributed by atoms with E-state index >= 15 is 0 Å². The van der Waals surface area contributed by atoms with Crippen molar-refractivity contribution in [1.82, 2.24) is 29.9 Å². The summed E-state index contributed by atoms with van der Waals surface area (Å²) in [6, 6.07) is 20.1. The van der Waals surface area contributed by atoms with Gasteiger partial charge in [0.15, 0.2) is 5.82 Å². The molecule has 4 aliphatic rings. The summed E-state index contributed by atoms with van der Waals surface area (Å²) >= 11 is 1.85. The Balaban J connectivity index is 0.935. The Morgan fingerprint density at radius 3 is 2.59 bits per heavy atom. The molecule has 3 unspecified atom stereocenters. The quantitative estimate of drug-likeness (QED) is 0.302. The molecule has 4 heterocycles. The van der Waals surface area contributed by atoms with Crippen molar-refractivity contribution in [1.29, 1.82) is 0 Å². The predicted octanol–water partition coefficient (Wildman–Crippen LogP) is 6.07. The highest BCUT2D eigenvalue weighted by Crippen LogP contribution is 2.47. The summed E-state index contributed by atoms with van der Waals surface area (Å²) in [4.78, 5) is 8.52. The van der Waals surface area contributed by atoms with Crippen molar-refractivity contribution in [2.24, 2.45) is 11.8 Å². The van der Waals surface area contributed by atoms with Gasteiger partial charge in [0.25, 0.3) is 0 Å². The first-order valence-electron chi connectivity index (χ1n) is 15.1. The molecule has 8 nitrogen and oxygen atoms in total. The lowest BCUT2D eigenvalue weighted by atomic mass is 9.86. The third-order valence-electron chi connectivity index (χ3n) is 9.82. The molecular weight excluding hydrogens is 528 g/mol. The number of benzene rings is 2. The number of fused-ring (bicyclic) bond motifs is 5. The molecular formula is C32H36N8S. The van der Waals surface area contributed by atoms with Crippen LogP contribution < -0.4 is 11.1 Å². The highest BCUT2D eigenvalue weighted by Gasteiger charge is 2.42. The molecule has 3 atom stereocenters. The number of aromatic nitrogens is 5. The van der Waals surface area contributed by atoms with Crippen LogP contribution in [0.1, 0.15) is 55.6 Å². The molecule has 3 N–H and O–H groups in total. The van der Waals surface area contributed by atoms with Crippen molar-refractivity contribution >= 4 is 29.3 Å². The molecule has 210 valence electrons. The van der Waals surface area contributed by atoms with Crippen LogP contribution in [-0.2, 0) is 6.42 Å². The van der Waals surface area contributed by atoms with E-state index in [1.54, 1.807) is 4.68 Å². The van der Waals surface area contributed by atoms with Crippen LogP contribution in [0.4, 0.5) is 17.6 Å². The normalized spacial score (nSPS) is 24.1. The minimum absolute atomic E-state index is 0.281. The molecule has 2 bridgehead atoms. The van der Waals surface area contributed by atoms with Crippen molar-refractivity contribution < 1.29 is 0 Å². The maximum atomic E-state index is 6.28. The summed E-state index contributed by atoms with van der Waals surface area (Å²) in [5, 5.41) is 17.0. The fourth-order valence-electron chi connectivity index (χ4n) is 7.73. The van der Waals surface area contributed by atoms with E-state index in [0.29, 0.717) is 17.7 Å². The summed E-state index contributed by atoms with van der Waals surface area (Å²) in [6.07, 6.45) is 9.33. The van der Waals surface area contributed by atoms with E-state index in [4.69, 9.17) is 5.73 Å². The number of hydrogen-bond acceptors (Lipinski definition) is 8. The van der Waals surface area contributed by atoms with Crippen molar-refractivity contribution in [2.75, 3.05) is 29.9 Å². The second-order valence-corrected chi connectivity index (χ2v) is 13.3. The number of rotatable bonds is 5. The fourth-order valence-corrected chi connectivity index (χ4v) is 8.77. The number of nitrogen functional groups attached to an aromatic ring is 1. The standard InChI is InChI=1S/C32H36N8S/c33-31-35-32(38-40(31)29-19-24-13-16-41-28-4-2-1-3-26(28)30(24)37-36-29)34-25-9-7-21(8-10-25)22-11-14-39(15-12-22)27-18-20-5-6-23(27)17-20/h1-4,7-10,19-20,22-23,27H,5-6,11-18H2,(H3,33,34,35,38). The van der Waals surface area contributed by atoms with Gasteiger partial charge in [-0.25, -0.2) is 0 Å². The molecule has 3 fully saturated rings. The monoisotopic (exact) mass is 564 g/mol. The summed E-state index contributed by atoms with van der Waals surface area (Å²) in [7, 11) is 0. The lowest BCUT2D eigenvalue weighted by molar-refractivity contribution is 0.111. The van der Waals surface area contributed by atoms with Crippen LogP contribution in [0.2, 0.25) is 0 Å². The van der Waals surface area contributed by atoms with Gasteiger partial charge in [0, 0.05) is 27.9 Å². The van der Waals surface area contributed by atoms with Crippen LogP contribution in [-0.4, -0.2) is 54.7 Å². The molecule has 4 aromatic rings. The fraction of sp³-hybridized carbons (Fsp3) is 0.438. The minimum Gasteiger partial charge on any atom is -0.368 e. The third kappa shape index (κ3) is 4.78. The molecule has 9 heteroatoms. The van der Waals surface area contributed by atoms with Gasteiger partial charge in [-0.2, -0.15) is 9.67 Å². The predicted molar refractivity (Wildman–Crippen MR) is 164 cm³/mol. The number of piperidine rings is 1. The molecule has 2 aliphatic heterocycles. The summed E-state index contributed by atoms with van der Waals surface area (Å²) < 4.78 is 1.57. The van der Waals surface area contributed by atoms with Gasteiger partial charge in [-0.05, 0) is 105 Å². The highest BCUT2D eigenvalue weighted by atomic mass is 32.2. The Bertz CT molecular complexity index is 1560. The van der Waals surface area contributed by atoms with Gasteiger partial charge in [-0.15, -0.1) is 27.1 Å².